The van der Waals surface area contributed by atoms with Gasteiger partial charge in [-0.15, -0.1) is 11.3 Å². The minimum Gasteiger partial charge on any atom is -0.212 e. The van der Waals surface area contributed by atoms with E-state index in [2.05, 4.69) is 20.7 Å². The number of halogens is 2. The Morgan fingerprint density at radius 2 is 1.92 bits per heavy atom. The Bertz CT molecular complexity index is 1040. The van der Waals surface area contributed by atoms with E-state index in [1.54, 1.807) is 17.4 Å². The van der Waals surface area contributed by atoms with Crippen molar-refractivity contribution in [2.24, 2.45) is 0 Å². The van der Waals surface area contributed by atoms with E-state index in [0.29, 0.717) is 5.02 Å². The van der Waals surface area contributed by atoms with Gasteiger partial charge in [0.1, 0.15) is 0 Å². The van der Waals surface area contributed by atoms with Crippen molar-refractivity contribution in [2.45, 2.75) is 24.1 Å². The third kappa shape index (κ3) is 3.51. The largest absolute Gasteiger partial charge is 0.215 e. The Hall–Kier alpha value is -0.920. The normalized spacial score (nSPS) is 16.2. The van der Waals surface area contributed by atoms with E-state index >= 15 is 0 Å². The summed E-state index contributed by atoms with van der Waals surface area (Å²) in [6, 6.07) is 14.9. The summed E-state index contributed by atoms with van der Waals surface area (Å²) in [7, 11) is -3.36. The lowest BCUT2D eigenvalue weighted by Crippen LogP contribution is -2.31. The highest BCUT2D eigenvalue weighted by atomic mass is 79.9. The van der Waals surface area contributed by atoms with Crippen molar-refractivity contribution < 1.29 is 8.42 Å². The maximum absolute atomic E-state index is 12.6. The average Bonchev–Trinajstić information content (AvgIpc) is 3.34. The predicted octanol–water partition coefficient (Wildman–Crippen LogP) is 5.49. The topological polar surface area (TPSA) is 46.2 Å². The number of hydrogen-bond donors (Lipinski definition) is 1. The Morgan fingerprint density at radius 1 is 1.16 bits per heavy atom. The van der Waals surface area contributed by atoms with Gasteiger partial charge in [-0.1, -0.05) is 41.9 Å². The van der Waals surface area contributed by atoms with Crippen molar-refractivity contribution in [2.75, 3.05) is 0 Å². The van der Waals surface area contributed by atoms with E-state index < -0.39 is 16.1 Å². The van der Waals surface area contributed by atoms with Gasteiger partial charge in [0.05, 0.1) is 11.3 Å². The molecule has 0 bridgehead atoms. The van der Waals surface area contributed by atoms with Crippen LogP contribution in [0.3, 0.4) is 0 Å². The predicted molar refractivity (Wildman–Crippen MR) is 108 cm³/mol. The van der Waals surface area contributed by atoms with Crippen LogP contribution in [0.2, 0.25) is 5.02 Å². The Balaban J connectivity index is 1.84. The molecule has 1 N–H and O–H groups in total. The van der Waals surface area contributed by atoms with Crippen molar-refractivity contribution in [1.82, 2.24) is 4.72 Å². The van der Waals surface area contributed by atoms with Crippen molar-refractivity contribution in [3.05, 3.63) is 68.5 Å². The van der Waals surface area contributed by atoms with Crippen LogP contribution in [0.1, 0.15) is 29.3 Å². The zero-order valence-corrected chi connectivity index (χ0v) is 17.1. The molecule has 130 valence electrons. The average molecular weight is 457 g/mol. The summed E-state index contributed by atoms with van der Waals surface area (Å²) >= 11 is 11.5. The molecule has 0 saturated heterocycles. The number of sulfonamides is 1. The first-order chi connectivity index (χ1) is 12.0. The van der Waals surface area contributed by atoms with Crippen LogP contribution in [0.4, 0.5) is 0 Å². The fourth-order valence-corrected chi connectivity index (χ4v) is 6.42. The molecule has 3 nitrogen and oxygen atoms in total. The van der Waals surface area contributed by atoms with Crippen LogP contribution in [0, 0.1) is 0 Å². The summed E-state index contributed by atoms with van der Waals surface area (Å²) in [5.41, 5.74) is 0.774. The van der Waals surface area contributed by atoms with E-state index in [0.717, 1.165) is 37.8 Å². The summed E-state index contributed by atoms with van der Waals surface area (Å²) in [5, 5.41) is 1.36. The third-order valence-corrected chi connectivity index (χ3v) is 8.69. The molecule has 1 aliphatic carbocycles. The first-order valence-electron chi connectivity index (χ1n) is 7.89. The lowest BCUT2D eigenvalue weighted by Gasteiger charge is -2.19. The zero-order valence-electron chi connectivity index (χ0n) is 13.1. The molecular formula is C18H15BrClNO2S2. The number of rotatable bonds is 5. The van der Waals surface area contributed by atoms with Crippen LogP contribution < -0.4 is 4.72 Å². The second-order valence-corrected chi connectivity index (χ2v) is 10.5. The molecule has 0 spiro atoms. The monoisotopic (exact) mass is 455 g/mol. The minimum atomic E-state index is -3.36. The van der Waals surface area contributed by atoms with Gasteiger partial charge in [0.15, 0.2) is 0 Å². The summed E-state index contributed by atoms with van der Waals surface area (Å²) in [6.07, 6.45) is 1.45. The number of thiophene rings is 1. The van der Waals surface area contributed by atoms with Gasteiger partial charge in [0, 0.05) is 19.1 Å². The van der Waals surface area contributed by atoms with Crippen LogP contribution in [0.15, 0.2) is 53.0 Å². The van der Waals surface area contributed by atoms with Gasteiger partial charge in [-0.3, -0.25) is 0 Å². The van der Waals surface area contributed by atoms with Crippen molar-refractivity contribution >= 4 is 59.0 Å². The first kappa shape index (κ1) is 17.5. The highest BCUT2D eigenvalue weighted by Crippen LogP contribution is 2.40. The molecule has 1 heterocycles. The van der Waals surface area contributed by atoms with Gasteiger partial charge >= 0.3 is 0 Å². The maximum Gasteiger partial charge on any atom is 0.215 e. The highest BCUT2D eigenvalue weighted by Gasteiger charge is 2.38. The number of fused-ring (bicyclic) bond motifs is 1. The number of nitrogens with one attached hydrogen (secondary N) is 1. The molecule has 7 heteroatoms. The van der Waals surface area contributed by atoms with Crippen LogP contribution >= 0.6 is 38.9 Å². The molecule has 0 amide bonds. The Labute approximate surface area is 164 Å². The Kier molecular flexibility index (Phi) is 4.67. The molecule has 0 aliphatic heterocycles. The maximum atomic E-state index is 12.6. The SMILES string of the molecule is O=S(=O)(NC(c1cc2cccc(Br)c2s1)c1ccccc1Cl)C1CC1. The second kappa shape index (κ2) is 6.67. The fraction of sp³-hybridized carbons (Fsp3) is 0.222. The van der Waals surface area contributed by atoms with E-state index in [9.17, 15) is 8.42 Å². The summed E-state index contributed by atoms with van der Waals surface area (Å²) < 4.78 is 30.2. The molecule has 3 aromatic rings. The molecule has 2 aromatic carbocycles. The van der Waals surface area contributed by atoms with Crippen molar-refractivity contribution in [1.29, 1.82) is 0 Å². The van der Waals surface area contributed by atoms with Gasteiger partial charge in [-0.25, -0.2) is 13.1 Å². The van der Waals surface area contributed by atoms with E-state index in [-0.39, 0.29) is 5.25 Å². The zero-order chi connectivity index (χ0) is 17.6. The summed E-state index contributed by atoms with van der Waals surface area (Å²) in [4.78, 5) is 0.930. The van der Waals surface area contributed by atoms with Gasteiger partial charge in [0.2, 0.25) is 10.0 Å². The van der Waals surface area contributed by atoms with Crippen LogP contribution in [0.25, 0.3) is 10.1 Å². The molecule has 4 rings (SSSR count). The second-order valence-electron chi connectivity index (χ2n) is 6.12. The fourth-order valence-electron chi connectivity index (χ4n) is 2.81. The van der Waals surface area contributed by atoms with Crippen molar-refractivity contribution in [3.8, 4) is 0 Å². The molecular weight excluding hydrogens is 442 g/mol. The molecule has 0 radical (unpaired) electrons. The summed E-state index contributed by atoms with van der Waals surface area (Å²) in [5.74, 6) is 0. The van der Waals surface area contributed by atoms with Crippen LogP contribution in [-0.2, 0) is 10.0 Å². The molecule has 1 unspecified atom stereocenters. The lowest BCUT2D eigenvalue weighted by atomic mass is 10.1. The van der Waals surface area contributed by atoms with Crippen LogP contribution in [0.5, 0.6) is 0 Å². The van der Waals surface area contributed by atoms with Gasteiger partial charge in [-0.05, 0) is 57.9 Å². The third-order valence-electron chi connectivity index (χ3n) is 4.26. The Morgan fingerprint density at radius 3 is 2.60 bits per heavy atom. The molecule has 1 atom stereocenters. The molecule has 1 aliphatic rings. The van der Waals surface area contributed by atoms with E-state index in [4.69, 9.17) is 11.6 Å². The van der Waals surface area contributed by atoms with Crippen LogP contribution in [-0.4, -0.2) is 13.7 Å². The molecule has 1 aromatic heterocycles. The number of benzene rings is 2. The first-order valence-corrected chi connectivity index (χ1v) is 11.4. The van der Waals surface area contributed by atoms with Gasteiger partial charge < -0.3 is 0 Å². The van der Waals surface area contributed by atoms with E-state index in [1.807, 2.05) is 42.5 Å². The summed E-state index contributed by atoms with van der Waals surface area (Å²) in [6.45, 7) is 0. The minimum absolute atomic E-state index is 0.279. The van der Waals surface area contributed by atoms with Crippen molar-refractivity contribution in [3.63, 3.8) is 0 Å². The standard InChI is InChI=1S/C18H15BrClNO2S2/c19-14-6-3-4-11-10-16(24-18(11)14)17(13-5-1-2-7-15(13)20)21-25(22,23)12-8-9-12/h1-7,10,12,17,21H,8-9H2. The van der Waals surface area contributed by atoms with Gasteiger partial charge in [0.25, 0.3) is 0 Å². The molecule has 25 heavy (non-hydrogen) atoms. The number of hydrogen-bond acceptors (Lipinski definition) is 3. The highest BCUT2D eigenvalue weighted by molar-refractivity contribution is 9.10. The van der Waals surface area contributed by atoms with E-state index in [1.165, 1.54) is 0 Å². The molecule has 1 fully saturated rings. The quantitative estimate of drug-likeness (QED) is 0.552. The lowest BCUT2D eigenvalue weighted by molar-refractivity contribution is 0.572. The van der Waals surface area contributed by atoms with Gasteiger partial charge in [-0.2, -0.15) is 0 Å². The molecule has 1 saturated carbocycles. The smallest absolute Gasteiger partial charge is 0.212 e.